The zero-order chi connectivity index (χ0) is 13.0. The molecule has 1 aliphatic heterocycles. The van der Waals surface area contributed by atoms with E-state index in [1.54, 1.807) is 13.2 Å². The van der Waals surface area contributed by atoms with E-state index in [1.807, 2.05) is 26.0 Å². The van der Waals surface area contributed by atoms with Crippen molar-refractivity contribution in [3.8, 4) is 0 Å². The molecule has 1 heterocycles. The molecule has 0 unspecified atom stereocenters. The average Bonchev–Trinajstić information content (AvgIpc) is 2.35. The van der Waals surface area contributed by atoms with E-state index in [9.17, 15) is 9.59 Å². The van der Waals surface area contributed by atoms with Crippen molar-refractivity contribution in [2.24, 2.45) is 0 Å². The summed E-state index contributed by atoms with van der Waals surface area (Å²) < 4.78 is 5.53. The standard InChI is InChI=1S/C15H12O3/c1-7-4-5-10-8(2)6-18-15-9(3)13(16)14(17)11(7)12(10)15/h4-6H,1-3H3. The molecule has 0 saturated carbocycles. The van der Waals surface area contributed by atoms with Gasteiger partial charge in [-0.2, -0.15) is 0 Å². The number of carbonyl (C=O) groups excluding carboxylic acids is 2. The Morgan fingerprint density at radius 3 is 2.39 bits per heavy atom. The van der Waals surface area contributed by atoms with Crippen molar-refractivity contribution in [3.05, 3.63) is 46.2 Å². The van der Waals surface area contributed by atoms with Gasteiger partial charge in [-0.3, -0.25) is 9.59 Å². The van der Waals surface area contributed by atoms with E-state index in [1.165, 1.54) is 0 Å². The number of hydrogen-bond acceptors (Lipinski definition) is 3. The lowest BCUT2D eigenvalue weighted by atomic mass is 9.81. The summed E-state index contributed by atoms with van der Waals surface area (Å²) in [7, 11) is 0. The molecule has 0 spiro atoms. The molecule has 1 aliphatic carbocycles. The number of Topliss-reactive ketones (excluding diaryl/α,β-unsaturated/α-hetero) is 2. The molecule has 0 radical (unpaired) electrons. The maximum absolute atomic E-state index is 12.1. The van der Waals surface area contributed by atoms with Crippen molar-refractivity contribution in [1.29, 1.82) is 0 Å². The quantitative estimate of drug-likeness (QED) is 0.655. The van der Waals surface area contributed by atoms with Gasteiger partial charge in [0.15, 0.2) is 0 Å². The first-order chi connectivity index (χ1) is 8.52. The highest BCUT2D eigenvalue weighted by molar-refractivity contribution is 6.52. The number of benzene rings is 1. The lowest BCUT2D eigenvalue weighted by Gasteiger charge is -2.26. The van der Waals surface area contributed by atoms with Crippen LogP contribution in [0, 0.1) is 6.92 Å². The number of carbonyl (C=O) groups is 2. The third-order valence-corrected chi connectivity index (χ3v) is 3.53. The minimum Gasteiger partial charge on any atom is -0.464 e. The fraction of sp³-hybridized carbons (Fsp3) is 0.200. The van der Waals surface area contributed by atoms with Crippen LogP contribution < -0.4 is 0 Å². The highest BCUT2D eigenvalue weighted by atomic mass is 16.5. The van der Waals surface area contributed by atoms with E-state index in [-0.39, 0.29) is 0 Å². The summed E-state index contributed by atoms with van der Waals surface area (Å²) in [6.07, 6.45) is 1.63. The summed E-state index contributed by atoms with van der Waals surface area (Å²) in [6.45, 7) is 5.41. The maximum Gasteiger partial charge on any atom is 0.234 e. The Labute approximate surface area is 105 Å². The molecule has 0 atom stereocenters. The van der Waals surface area contributed by atoms with Gasteiger partial charge in [-0.15, -0.1) is 0 Å². The number of ether oxygens (including phenoxy) is 1. The largest absolute Gasteiger partial charge is 0.464 e. The second kappa shape index (κ2) is 3.42. The van der Waals surface area contributed by atoms with Crippen molar-refractivity contribution in [2.75, 3.05) is 0 Å². The van der Waals surface area contributed by atoms with Crippen LogP contribution >= 0.6 is 0 Å². The molecular formula is C15H12O3. The van der Waals surface area contributed by atoms with Gasteiger partial charge in [0.2, 0.25) is 11.6 Å². The number of hydrogen-bond donors (Lipinski definition) is 0. The molecule has 1 aromatic rings. The lowest BCUT2D eigenvalue weighted by molar-refractivity contribution is -0.111. The van der Waals surface area contributed by atoms with Crippen molar-refractivity contribution < 1.29 is 14.3 Å². The number of rotatable bonds is 0. The summed E-state index contributed by atoms with van der Waals surface area (Å²) >= 11 is 0. The highest BCUT2D eigenvalue weighted by Gasteiger charge is 2.36. The van der Waals surface area contributed by atoms with Gasteiger partial charge in [0.1, 0.15) is 5.76 Å². The molecule has 0 bridgehead atoms. The van der Waals surface area contributed by atoms with Gasteiger partial charge < -0.3 is 4.74 Å². The molecule has 0 saturated heterocycles. The summed E-state index contributed by atoms with van der Waals surface area (Å²) in [6, 6.07) is 3.85. The molecule has 0 amide bonds. The van der Waals surface area contributed by atoms with Gasteiger partial charge in [-0.05, 0) is 37.5 Å². The van der Waals surface area contributed by atoms with Crippen molar-refractivity contribution in [1.82, 2.24) is 0 Å². The normalized spacial score (nSPS) is 17.4. The molecule has 3 rings (SSSR count). The predicted octanol–water partition coefficient (Wildman–Crippen LogP) is 2.88. The Hall–Kier alpha value is -2.16. The van der Waals surface area contributed by atoms with Crippen LogP contribution in [0.2, 0.25) is 0 Å². The second-order valence-corrected chi connectivity index (χ2v) is 4.71. The van der Waals surface area contributed by atoms with Crippen LogP contribution in [-0.2, 0) is 9.53 Å². The first-order valence-corrected chi connectivity index (χ1v) is 5.80. The molecule has 0 aromatic heterocycles. The Bertz CT molecular complexity index is 675. The molecule has 90 valence electrons. The SMILES string of the molecule is CC1=COC2=C(C)C(=O)C(=O)c3c(C)ccc1c32. The van der Waals surface area contributed by atoms with Crippen LogP contribution in [0.3, 0.4) is 0 Å². The highest BCUT2D eigenvalue weighted by Crippen LogP contribution is 2.40. The molecule has 18 heavy (non-hydrogen) atoms. The molecule has 3 heteroatoms. The van der Waals surface area contributed by atoms with Gasteiger partial charge in [0.25, 0.3) is 0 Å². The molecule has 1 aromatic carbocycles. The molecule has 3 nitrogen and oxygen atoms in total. The first-order valence-electron chi connectivity index (χ1n) is 5.80. The Morgan fingerprint density at radius 2 is 1.67 bits per heavy atom. The monoisotopic (exact) mass is 240 g/mol. The van der Waals surface area contributed by atoms with Gasteiger partial charge in [0.05, 0.1) is 6.26 Å². The first kappa shape index (κ1) is 11.0. The number of aryl methyl sites for hydroxylation is 1. The van der Waals surface area contributed by atoms with Crippen molar-refractivity contribution >= 4 is 22.9 Å². The topological polar surface area (TPSA) is 43.4 Å². The van der Waals surface area contributed by atoms with Gasteiger partial charge in [-0.1, -0.05) is 12.1 Å². The van der Waals surface area contributed by atoms with Crippen LogP contribution in [0.25, 0.3) is 11.3 Å². The minimum absolute atomic E-state index is 0.392. The fourth-order valence-electron chi connectivity index (χ4n) is 2.50. The summed E-state index contributed by atoms with van der Waals surface area (Å²) in [5.74, 6) is -0.367. The maximum atomic E-state index is 12.1. The minimum atomic E-state index is -0.467. The van der Waals surface area contributed by atoms with E-state index in [0.717, 1.165) is 22.3 Å². The Kier molecular flexibility index (Phi) is 2.08. The predicted molar refractivity (Wildman–Crippen MR) is 67.8 cm³/mol. The molecule has 0 N–H and O–H groups in total. The number of ketones is 2. The average molecular weight is 240 g/mol. The summed E-state index contributed by atoms with van der Waals surface area (Å²) in [5, 5.41) is 0. The van der Waals surface area contributed by atoms with Crippen LogP contribution in [0.15, 0.2) is 24.0 Å². The zero-order valence-corrected chi connectivity index (χ0v) is 10.5. The third kappa shape index (κ3) is 1.19. The van der Waals surface area contributed by atoms with E-state index in [4.69, 9.17) is 4.74 Å². The van der Waals surface area contributed by atoms with Crippen LogP contribution in [0.5, 0.6) is 0 Å². The van der Waals surface area contributed by atoms with E-state index < -0.39 is 11.6 Å². The van der Waals surface area contributed by atoms with Crippen LogP contribution in [0.1, 0.15) is 40.9 Å². The fourth-order valence-corrected chi connectivity index (χ4v) is 2.50. The Morgan fingerprint density at radius 1 is 0.944 bits per heavy atom. The van der Waals surface area contributed by atoms with Crippen LogP contribution in [-0.4, -0.2) is 11.6 Å². The summed E-state index contributed by atoms with van der Waals surface area (Å²) in [4.78, 5) is 24.1. The van der Waals surface area contributed by atoms with Gasteiger partial charge in [-0.25, -0.2) is 0 Å². The van der Waals surface area contributed by atoms with E-state index >= 15 is 0 Å². The van der Waals surface area contributed by atoms with Crippen molar-refractivity contribution in [2.45, 2.75) is 20.8 Å². The van der Waals surface area contributed by atoms with E-state index in [2.05, 4.69) is 0 Å². The molecular weight excluding hydrogens is 228 g/mol. The van der Waals surface area contributed by atoms with Crippen molar-refractivity contribution in [3.63, 3.8) is 0 Å². The Balaban J connectivity index is 2.49. The zero-order valence-electron chi connectivity index (χ0n) is 10.5. The lowest BCUT2D eigenvalue weighted by Crippen LogP contribution is -2.26. The van der Waals surface area contributed by atoms with E-state index in [0.29, 0.717) is 16.9 Å². The third-order valence-electron chi connectivity index (χ3n) is 3.53. The summed E-state index contributed by atoms with van der Waals surface area (Å²) in [5.41, 5.74) is 4.41. The van der Waals surface area contributed by atoms with Gasteiger partial charge >= 0.3 is 0 Å². The number of allylic oxidation sites excluding steroid dienone is 2. The molecule has 0 fully saturated rings. The smallest absolute Gasteiger partial charge is 0.234 e. The molecule has 2 aliphatic rings. The second-order valence-electron chi connectivity index (χ2n) is 4.71. The van der Waals surface area contributed by atoms with Gasteiger partial charge in [0, 0.05) is 16.7 Å². The van der Waals surface area contributed by atoms with Crippen LogP contribution in [0.4, 0.5) is 0 Å².